The summed E-state index contributed by atoms with van der Waals surface area (Å²) in [5.41, 5.74) is 0. The molecule has 0 spiro atoms. The molecule has 2 fully saturated rings. The zero-order chi connectivity index (χ0) is 6.27. The van der Waals surface area contributed by atoms with Crippen molar-refractivity contribution in [3.63, 3.8) is 0 Å². The number of rotatable bonds is 1. The number of amides is 1. The van der Waals surface area contributed by atoms with E-state index in [1.807, 2.05) is 0 Å². The van der Waals surface area contributed by atoms with Crippen LogP contribution in [0.4, 0.5) is 0 Å². The molecule has 0 aromatic carbocycles. The SMILES string of the molecule is O=C1C[C@H](C2CC2)CN1. The fourth-order valence-electron chi connectivity index (χ4n) is 1.53. The van der Waals surface area contributed by atoms with E-state index in [1.54, 1.807) is 0 Å². The molecule has 2 aliphatic rings. The molecule has 2 heteroatoms. The van der Waals surface area contributed by atoms with Crippen molar-refractivity contribution < 1.29 is 4.79 Å². The standard InChI is InChI=1S/C7H11NO/c9-7-3-6(4-8-7)5-1-2-5/h5-6H,1-4H2,(H,8,9)/t6-/m0/s1. The summed E-state index contributed by atoms with van der Waals surface area (Å²) in [6.45, 7) is 0.948. The van der Waals surface area contributed by atoms with Crippen LogP contribution in [0, 0.1) is 11.8 Å². The third-order valence-electron chi connectivity index (χ3n) is 2.30. The third kappa shape index (κ3) is 0.934. The van der Waals surface area contributed by atoms with E-state index >= 15 is 0 Å². The van der Waals surface area contributed by atoms with Gasteiger partial charge in [0.25, 0.3) is 0 Å². The summed E-state index contributed by atoms with van der Waals surface area (Å²) in [6, 6.07) is 0. The average Bonchev–Trinajstić information content (AvgIpc) is 2.58. The van der Waals surface area contributed by atoms with Gasteiger partial charge in [0, 0.05) is 13.0 Å². The van der Waals surface area contributed by atoms with Crippen LogP contribution in [0.15, 0.2) is 0 Å². The van der Waals surface area contributed by atoms with Gasteiger partial charge < -0.3 is 5.32 Å². The van der Waals surface area contributed by atoms with E-state index in [-0.39, 0.29) is 5.91 Å². The van der Waals surface area contributed by atoms with Crippen molar-refractivity contribution in [2.75, 3.05) is 6.54 Å². The predicted octanol–water partition coefficient (Wildman–Crippen LogP) is 0.532. The molecule has 1 amide bonds. The number of hydrogen-bond acceptors (Lipinski definition) is 1. The number of nitrogens with one attached hydrogen (secondary N) is 1. The van der Waals surface area contributed by atoms with Crippen molar-refractivity contribution in [1.29, 1.82) is 0 Å². The first kappa shape index (κ1) is 5.27. The first-order valence-electron chi connectivity index (χ1n) is 3.63. The van der Waals surface area contributed by atoms with Crippen molar-refractivity contribution in [3.8, 4) is 0 Å². The van der Waals surface area contributed by atoms with E-state index in [0.29, 0.717) is 5.92 Å². The minimum absolute atomic E-state index is 0.256. The smallest absolute Gasteiger partial charge is 0.220 e. The van der Waals surface area contributed by atoms with E-state index in [9.17, 15) is 4.79 Å². The van der Waals surface area contributed by atoms with Gasteiger partial charge in [-0.1, -0.05) is 0 Å². The van der Waals surface area contributed by atoms with Crippen molar-refractivity contribution in [1.82, 2.24) is 5.32 Å². The molecule has 0 aromatic heterocycles. The van der Waals surface area contributed by atoms with E-state index in [0.717, 1.165) is 18.9 Å². The zero-order valence-corrected chi connectivity index (χ0v) is 5.39. The van der Waals surface area contributed by atoms with Gasteiger partial charge in [-0.2, -0.15) is 0 Å². The molecule has 0 aromatic rings. The summed E-state index contributed by atoms with van der Waals surface area (Å²) >= 11 is 0. The highest BCUT2D eigenvalue weighted by Crippen LogP contribution is 2.39. The summed E-state index contributed by atoms with van der Waals surface area (Å²) in [7, 11) is 0. The molecule has 1 aliphatic heterocycles. The molecule has 0 radical (unpaired) electrons. The van der Waals surface area contributed by atoms with Gasteiger partial charge in [-0.3, -0.25) is 4.79 Å². The highest BCUT2D eigenvalue weighted by Gasteiger charge is 2.35. The van der Waals surface area contributed by atoms with E-state index in [2.05, 4.69) is 5.32 Å². The molecule has 2 nitrogen and oxygen atoms in total. The minimum Gasteiger partial charge on any atom is -0.356 e. The molecule has 1 saturated carbocycles. The highest BCUT2D eigenvalue weighted by atomic mass is 16.1. The third-order valence-corrected chi connectivity index (χ3v) is 2.30. The fourth-order valence-corrected chi connectivity index (χ4v) is 1.53. The molecular formula is C7H11NO. The Morgan fingerprint density at radius 2 is 2.11 bits per heavy atom. The number of hydrogen-bond donors (Lipinski definition) is 1. The first-order valence-corrected chi connectivity index (χ1v) is 3.63. The van der Waals surface area contributed by atoms with Crippen LogP contribution in [-0.4, -0.2) is 12.5 Å². The summed E-state index contributed by atoms with van der Waals surface area (Å²) in [4.78, 5) is 10.7. The fraction of sp³-hybridized carbons (Fsp3) is 0.857. The van der Waals surface area contributed by atoms with Gasteiger partial charge in [0.1, 0.15) is 0 Å². The van der Waals surface area contributed by atoms with Crippen LogP contribution < -0.4 is 5.32 Å². The second-order valence-electron chi connectivity index (χ2n) is 3.11. The van der Waals surface area contributed by atoms with Crippen LogP contribution >= 0.6 is 0 Å². The largest absolute Gasteiger partial charge is 0.356 e. The molecule has 1 N–H and O–H groups in total. The van der Waals surface area contributed by atoms with Crippen LogP contribution in [0.2, 0.25) is 0 Å². The van der Waals surface area contributed by atoms with Crippen LogP contribution in [0.25, 0.3) is 0 Å². The van der Waals surface area contributed by atoms with E-state index in [1.165, 1.54) is 12.8 Å². The molecule has 1 atom stereocenters. The Labute approximate surface area is 54.6 Å². The van der Waals surface area contributed by atoms with Gasteiger partial charge in [0.05, 0.1) is 0 Å². The lowest BCUT2D eigenvalue weighted by molar-refractivity contribution is -0.119. The lowest BCUT2D eigenvalue weighted by atomic mass is 10.0. The van der Waals surface area contributed by atoms with Gasteiger partial charge in [0.15, 0.2) is 0 Å². The highest BCUT2D eigenvalue weighted by molar-refractivity contribution is 5.78. The number of carbonyl (C=O) groups excluding carboxylic acids is 1. The molecule has 0 bridgehead atoms. The number of carbonyl (C=O) groups is 1. The van der Waals surface area contributed by atoms with Crippen LogP contribution in [0.1, 0.15) is 19.3 Å². The minimum atomic E-state index is 0.256. The summed E-state index contributed by atoms with van der Waals surface area (Å²) in [6.07, 6.45) is 3.52. The Hall–Kier alpha value is -0.530. The van der Waals surface area contributed by atoms with Gasteiger partial charge in [-0.25, -0.2) is 0 Å². The van der Waals surface area contributed by atoms with Crippen molar-refractivity contribution in [3.05, 3.63) is 0 Å². The molecule has 1 heterocycles. The molecule has 2 rings (SSSR count). The zero-order valence-electron chi connectivity index (χ0n) is 5.39. The van der Waals surface area contributed by atoms with Crippen molar-refractivity contribution in [2.24, 2.45) is 11.8 Å². The molecule has 9 heavy (non-hydrogen) atoms. The van der Waals surface area contributed by atoms with Crippen molar-refractivity contribution >= 4 is 5.91 Å². The van der Waals surface area contributed by atoms with Gasteiger partial charge in [0.2, 0.25) is 5.91 Å². The molecule has 0 unspecified atom stereocenters. The topological polar surface area (TPSA) is 29.1 Å². The van der Waals surface area contributed by atoms with E-state index in [4.69, 9.17) is 0 Å². The average molecular weight is 125 g/mol. The Morgan fingerprint density at radius 3 is 2.56 bits per heavy atom. The summed E-state index contributed by atoms with van der Waals surface area (Å²) in [5.74, 6) is 1.84. The van der Waals surface area contributed by atoms with Gasteiger partial charge in [-0.05, 0) is 24.7 Å². The summed E-state index contributed by atoms with van der Waals surface area (Å²) in [5, 5.41) is 2.85. The van der Waals surface area contributed by atoms with Crippen LogP contribution in [-0.2, 0) is 4.79 Å². The van der Waals surface area contributed by atoms with Gasteiger partial charge >= 0.3 is 0 Å². The normalized spacial score (nSPS) is 34.7. The lowest BCUT2D eigenvalue weighted by Gasteiger charge is -2.00. The predicted molar refractivity (Wildman–Crippen MR) is 33.8 cm³/mol. The van der Waals surface area contributed by atoms with Crippen LogP contribution in [0.3, 0.4) is 0 Å². The van der Waals surface area contributed by atoms with Gasteiger partial charge in [-0.15, -0.1) is 0 Å². The van der Waals surface area contributed by atoms with E-state index < -0.39 is 0 Å². The first-order chi connectivity index (χ1) is 4.36. The van der Waals surface area contributed by atoms with Crippen molar-refractivity contribution in [2.45, 2.75) is 19.3 Å². The maximum absolute atomic E-state index is 10.7. The second kappa shape index (κ2) is 1.72. The Morgan fingerprint density at radius 1 is 1.33 bits per heavy atom. The summed E-state index contributed by atoms with van der Waals surface area (Å²) < 4.78 is 0. The maximum Gasteiger partial charge on any atom is 0.220 e. The Bertz CT molecular complexity index is 140. The molecule has 1 aliphatic carbocycles. The maximum atomic E-state index is 10.7. The molecular weight excluding hydrogens is 114 g/mol. The monoisotopic (exact) mass is 125 g/mol. The quantitative estimate of drug-likeness (QED) is 0.544. The Balaban J connectivity index is 1.92. The molecule has 1 saturated heterocycles. The van der Waals surface area contributed by atoms with Crippen LogP contribution in [0.5, 0.6) is 0 Å². The molecule has 50 valence electrons. The Kier molecular flexibility index (Phi) is 1.01. The second-order valence-corrected chi connectivity index (χ2v) is 3.11. The lowest BCUT2D eigenvalue weighted by Crippen LogP contribution is -2.14.